The van der Waals surface area contributed by atoms with Crippen LogP contribution in [0.5, 0.6) is 0 Å². The molecule has 3 unspecified atom stereocenters. The first-order valence-electron chi connectivity index (χ1n) is 10.2. The van der Waals surface area contributed by atoms with Crippen LogP contribution in [0.15, 0.2) is 60.9 Å². The molecule has 3 heterocycles. The fourth-order valence-corrected chi connectivity index (χ4v) is 4.43. The molecule has 3 aliphatic heterocycles. The lowest BCUT2D eigenvalue weighted by molar-refractivity contribution is -0.117. The Labute approximate surface area is 185 Å². The molecule has 2 saturated heterocycles. The summed E-state index contributed by atoms with van der Waals surface area (Å²) in [5.74, 6) is -0.322. The molecule has 3 N–H and O–H groups in total. The highest BCUT2D eigenvalue weighted by Crippen LogP contribution is 2.34. The molecule has 9 heteroatoms. The van der Waals surface area contributed by atoms with Crippen molar-refractivity contribution >= 4 is 29.2 Å². The number of halogens is 1. The molecule has 5 rings (SSSR count). The number of urea groups is 1. The van der Waals surface area contributed by atoms with Crippen molar-refractivity contribution in [3.63, 3.8) is 0 Å². The molecule has 0 spiro atoms. The summed E-state index contributed by atoms with van der Waals surface area (Å²) >= 11 is 6.11. The minimum atomic E-state index is -0.322. The van der Waals surface area contributed by atoms with Gasteiger partial charge in [0.25, 0.3) is 0 Å². The summed E-state index contributed by atoms with van der Waals surface area (Å²) in [6.45, 7) is 1.95. The summed E-state index contributed by atoms with van der Waals surface area (Å²) in [6.07, 6.45) is 4.19. The first-order chi connectivity index (χ1) is 15.0. The van der Waals surface area contributed by atoms with Crippen LogP contribution in [-0.2, 0) is 4.79 Å². The van der Waals surface area contributed by atoms with Gasteiger partial charge in [-0.3, -0.25) is 9.69 Å². The molecule has 31 heavy (non-hydrogen) atoms. The van der Waals surface area contributed by atoms with E-state index in [0.29, 0.717) is 10.7 Å². The monoisotopic (exact) mass is 438 g/mol. The Hall–Kier alpha value is -3.07. The van der Waals surface area contributed by atoms with Gasteiger partial charge in [-0.1, -0.05) is 53.6 Å². The van der Waals surface area contributed by atoms with Crippen LogP contribution >= 0.6 is 11.6 Å². The summed E-state index contributed by atoms with van der Waals surface area (Å²) in [6, 6.07) is 15.4. The van der Waals surface area contributed by atoms with Gasteiger partial charge in [0, 0.05) is 12.4 Å². The second-order valence-corrected chi connectivity index (χ2v) is 8.39. The maximum atomic E-state index is 12.9. The summed E-state index contributed by atoms with van der Waals surface area (Å²) in [4.78, 5) is 27.0. The Morgan fingerprint density at radius 1 is 1.13 bits per heavy atom. The summed E-state index contributed by atoms with van der Waals surface area (Å²) in [5.41, 5.74) is 9.67. The van der Waals surface area contributed by atoms with Crippen molar-refractivity contribution in [1.29, 1.82) is 0 Å². The molecule has 0 radical (unpaired) electrons. The highest BCUT2D eigenvalue weighted by atomic mass is 35.5. The highest BCUT2D eigenvalue weighted by Gasteiger charge is 2.48. The standard InChI is InChI=1S/C22H23ClN6O2/c1-14-6-8-15(9-7-14)18-12-19-21-26-29(22(31)27(21)10-11-28(19)25-18)13-20(30)24-17-5-3-2-4-16(17)23/h2-11,18-19,21,25-26H,12-13H2,1H3,(H,24,30). The van der Waals surface area contributed by atoms with Crippen LogP contribution in [0.4, 0.5) is 10.5 Å². The largest absolute Gasteiger partial charge is 0.340 e. The predicted octanol–water partition coefficient (Wildman–Crippen LogP) is 2.96. The summed E-state index contributed by atoms with van der Waals surface area (Å²) in [7, 11) is 0. The SMILES string of the molecule is Cc1ccc(C2CC3C4NN(CC(=O)Nc5ccccc5Cl)C(=O)N4C=CN3N2)cc1. The molecule has 0 aromatic heterocycles. The van der Waals surface area contributed by atoms with E-state index >= 15 is 0 Å². The number of carbonyl (C=O) groups is 2. The van der Waals surface area contributed by atoms with Gasteiger partial charge in [0.05, 0.1) is 22.8 Å². The lowest BCUT2D eigenvalue weighted by Crippen LogP contribution is -2.54. The molecule has 2 aromatic rings. The highest BCUT2D eigenvalue weighted by molar-refractivity contribution is 6.33. The lowest BCUT2D eigenvalue weighted by atomic mass is 9.99. The van der Waals surface area contributed by atoms with E-state index in [9.17, 15) is 9.59 Å². The number of rotatable bonds is 4. The number of nitrogens with zero attached hydrogens (tertiary/aromatic N) is 3. The zero-order chi connectivity index (χ0) is 21.5. The molecular formula is C22H23ClN6O2. The van der Waals surface area contributed by atoms with E-state index in [0.717, 1.165) is 6.42 Å². The van der Waals surface area contributed by atoms with Crippen molar-refractivity contribution < 1.29 is 9.59 Å². The Morgan fingerprint density at radius 2 is 1.90 bits per heavy atom. The molecule has 2 aromatic carbocycles. The smallest absolute Gasteiger partial charge is 0.323 e. The maximum Gasteiger partial charge on any atom is 0.340 e. The fourth-order valence-electron chi connectivity index (χ4n) is 4.24. The normalized spacial score (nSPS) is 24.4. The number of anilines is 1. The zero-order valence-corrected chi connectivity index (χ0v) is 17.7. The third-order valence-corrected chi connectivity index (χ3v) is 6.19. The van der Waals surface area contributed by atoms with Gasteiger partial charge in [-0.25, -0.2) is 20.7 Å². The molecule has 2 fully saturated rings. The van der Waals surface area contributed by atoms with E-state index in [2.05, 4.69) is 47.4 Å². The second-order valence-electron chi connectivity index (χ2n) is 7.98. The van der Waals surface area contributed by atoms with Gasteiger partial charge in [-0.15, -0.1) is 0 Å². The quantitative estimate of drug-likeness (QED) is 0.684. The average Bonchev–Trinajstić information content (AvgIpc) is 3.32. The topological polar surface area (TPSA) is 80.0 Å². The van der Waals surface area contributed by atoms with Crippen LogP contribution in [0.2, 0.25) is 5.02 Å². The van der Waals surface area contributed by atoms with E-state index < -0.39 is 0 Å². The minimum absolute atomic E-state index is 0.0388. The van der Waals surface area contributed by atoms with Crippen molar-refractivity contribution in [2.24, 2.45) is 0 Å². The van der Waals surface area contributed by atoms with Crippen molar-refractivity contribution in [2.45, 2.75) is 31.6 Å². The van der Waals surface area contributed by atoms with Crippen LogP contribution in [0.3, 0.4) is 0 Å². The molecule has 3 amide bonds. The number of benzene rings is 2. The van der Waals surface area contributed by atoms with Gasteiger partial charge >= 0.3 is 6.03 Å². The van der Waals surface area contributed by atoms with Crippen LogP contribution in [0.1, 0.15) is 23.6 Å². The Kier molecular flexibility index (Phi) is 5.05. The van der Waals surface area contributed by atoms with E-state index in [4.69, 9.17) is 11.6 Å². The van der Waals surface area contributed by atoms with Crippen LogP contribution in [-0.4, -0.2) is 45.6 Å². The molecule has 3 aliphatic rings. The number of nitrogens with one attached hydrogen (secondary N) is 3. The van der Waals surface area contributed by atoms with E-state index in [1.54, 1.807) is 35.4 Å². The number of carbonyl (C=O) groups excluding carboxylic acids is 2. The van der Waals surface area contributed by atoms with E-state index in [1.165, 1.54) is 16.1 Å². The number of hydrogen-bond acceptors (Lipinski definition) is 5. The van der Waals surface area contributed by atoms with E-state index in [-0.39, 0.29) is 36.7 Å². The molecule has 3 atom stereocenters. The maximum absolute atomic E-state index is 12.9. The molecular weight excluding hydrogens is 416 g/mol. The molecule has 160 valence electrons. The average molecular weight is 439 g/mol. The number of hydrogen-bond donors (Lipinski definition) is 3. The fraction of sp³-hybridized carbons (Fsp3) is 0.273. The van der Waals surface area contributed by atoms with Crippen LogP contribution in [0.25, 0.3) is 0 Å². The number of para-hydroxylation sites is 1. The van der Waals surface area contributed by atoms with Crippen molar-refractivity contribution in [3.8, 4) is 0 Å². The lowest BCUT2D eigenvalue weighted by Gasteiger charge is -2.34. The van der Waals surface area contributed by atoms with Crippen molar-refractivity contribution in [2.75, 3.05) is 11.9 Å². The summed E-state index contributed by atoms with van der Waals surface area (Å²) < 4.78 is 0. The van der Waals surface area contributed by atoms with Crippen LogP contribution in [0, 0.1) is 6.92 Å². The van der Waals surface area contributed by atoms with Gasteiger partial charge in [-0.05, 0) is 31.0 Å². The van der Waals surface area contributed by atoms with Gasteiger partial charge in [0.2, 0.25) is 5.91 Å². The number of fused-ring (bicyclic) bond motifs is 3. The summed E-state index contributed by atoms with van der Waals surface area (Å²) in [5, 5.41) is 6.60. The number of aryl methyl sites for hydroxylation is 1. The van der Waals surface area contributed by atoms with Gasteiger partial charge in [-0.2, -0.15) is 0 Å². The molecule has 0 aliphatic carbocycles. The van der Waals surface area contributed by atoms with E-state index in [1.807, 2.05) is 11.2 Å². The second kappa shape index (κ2) is 7.88. The Morgan fingerprint density at radius 3 is 2.68 bits per heavy atom. The predicted molar refractivity (Wildman–Crippen MR) is 117 cm³/mol. The first-order valence-corrected chi connectivity index (χ1v) is 10.6. The van der Waals surface area contributed by atoms with Gasteiger partial charge in [0.15, 0.2) is 0 Å². The number of hydrazine groups is 2. The third-order valence-electron chi connectivity index (χ3n) is 5.86. The molecule has 0 bridgehead atoms. The first kappa shape index (κ1) is 19.9. The minimum Gasteiger partial charge on any atom is -0.323 e. The van der Waals surface area contributed by atoms with Crippen molar-refractivity contribution in [1.82, 2.24) is 25.8 Å². The van der Waals surface area contributed by atoms with Crippen LogP contribution < -0.4 is 16.2 Å². The molecule has 0 saturated carbocycles. The van der Waals surface area contributed by atoms with Gasteiger partial charge < -0.3 is 10.3 Å². The zero-order valence-electron chi connectivity index (χ0n) is 17.0. The Bertz CT molecular complexity index is 1040. The Balaban J connectivity index is 1.26. The number of amides is 3. The van der Waals surface area contributed by atoms with Crippen molar-refractivity contribution in [3.05, 3.63) is 77.1 Å². The van der Waals surface area contributed by atoms with Gasteiger partial charge in [0.1, 0.15) is 12.7 Å². The third kappa shape index (κ3) is 3.74. The molecule has 8 nitrogen and oxygen atoms in total.